The van der Waals surface area contributed by atoms with Crippen molar-refractivity contribution < 1.29 is 30.9 Å². The Balaban J connectivity index is 1.18. The number of alkyl halides is 6. The highest BCUT2D eigenvalue weighted by atomic mass is 19.4. The first-order valence-corrected chi connectivity index (χ1v) is 11.9. The molecular formula is C26H23F6N5O. The molecule has 0 saturated carbocycles. The lowest BCUT2D eigenvalue weighted by Gasteiger charge is -2.30. The van der Waals surface area contributed by atoms with Crippen LogP contribution >= 0.6 is 0 Å². The van der Waals surface area contributed by atoms with Gasteiger partial charge in [-0.1, -0.05) is 23.4 Å². The van der Waals surface area contributed by atoms with Crippen molar-refractivity contribution in [1.29, 1.82) is 0 Å². The number of benzene rings is 2. The van der Waals surface area contributed by atoms with Crippen LogP contribution in [0.2, 0.25) is 0 Å². The second-order valence-electron chi connectivity index (χ2n) is 9.35. The molecule has 6 nitrogen and oxygen atoms in total. The van der Waals surface area contributed by atoms with Crippen LogP contribution in [0, 0.1) is 6.92 Å². The van der Waals surface area contributed by atoms with Gasteiger partial charge in [0.25, 0.3) is 5.89 Å². The number of hydrogen-bond acceptors (Lipinski definition) is 5. The Labute approximate surface area is 213 Å². The van der Waals surface area contributed by atoms with Gasteiger partial charge in [0.15, 0.2) is 5.82 Å². The Morgan fingerprint density at radius 1 is 0.947 bits per heavy atom. The van der Waals surface area contributed by atoms with Gasteiger partial charge in [-0.2, -0.15) is 31.3 Å². The second kappa shape index (κ2) is 9.90. The van der Waals surface area contributed by atoms with Crippen molar-refractivity contribution in [3.8, 4) is 22.7 Å². The summed E-state index contributed by atoms with van der Waals surface area (Å²) in [5.74, 6) is 1.35. The van der Waals surface area contributed by atoms with Crippen molar-refractivity contribution in [3.63, 3.8) is 0 Å². The van der Waals surface area contributed by atoms with Gasteiger partial charge in [-0.15, -0.1) is 0 Å². The highest BCUT2D eigenvalue weighted by Gasteiger charge is 2.33. The van der Waals surface area contributed by atoms with E-state index in [-0.39, 0.29) is 22.9 Å². The monoisotopic (exact) mass is 535 g/mol. The molecular weight excluding hydrogens is 512 g/mol. The molecule has 0 amide bonds. The maximum atomic E-state index is 13.2. The second-order valence-corrected chi connectivity index (χ2v) is 9.35. The summed E-state index contributed by atoms with van der Waals surface area (Å²) in [6.07, 6.45) is -5.65. The summed E-state index contributed by atoms with van der Waals surface area (Å²) < 4.78 is 83.4. The number of hydrogen-bond donors (Lipinski definition) is 1. The van der Waals surface area contributed by atoms with Gasteiger partial charge >= 0.3 is 12.4 Å². The topological polar surface area (TPSA) is 70.8 Å². The van der Waals surface area contributed by atoms with Gasteiger partial charge in [-0.25, -0.2) is 4.98 Å². The zero-order chi connectivity index (χ0) is 27.1. The molecule has 0 aliphatic carbocycles. The maximum absolute atomic E-state index is 13.2. The average Bonchev–Trinajstić information content (AvgIpc) is 3.54. The minimum atomic E-state index is -4.47. The molecule has 12 heteroatoms. The molecule has 200 valence electrons. The van der Waals surface area contributed by atoms with Crippen molar-refractivity contribution in [2.75, 3.05) is 13.1 Å². The van der Waals surface area contributed by atoms with E-state index in [1.807, 2.05) is 0 Å². The predicted octanol–water partition coefficient (Wildman–Crippen LogP) is 6.85. The van der Waals surface area contributed by atoms with E-state index in [0.717, 1.165) is 36.9 Å². The van der Waals surface area contributed by atoms with Crippen LogP contribution in [0.1, 0.15) is 47.1 Å². The molecule has 0 spiro atoms. The largest absolute Gasteiger partial charge is 0.416 e. The number of halogens is 6. The molecule has 2 aromatic carbocycles. The van der Waals surface area contributed by atoms with E-state index in [9.17, 15) is 26.3 Å². The number of piperidine rings is 1. The first-order chi connectivity index (χ1) is 18.0. The third-order valence-electron chi connectivity index (χ3n) is 6.72. The minimum Gasteiger partial charge on any atom is -0.342 e. The van der Waals surface area contributed by atoms with Gasteiger partial charge in [0.2, 0.25) is 0 Å². The van der Waals surface area contributed by atoms with Crippen molar-refractivity contribution in [2.24, 2.45) is 0 Å². The number of nitrogens with one attached hydrogen (secondary N) is 1. The number of nitrogens with zero attached hydrogens (tertiary/aromatic N) is 4. The molecule has 1 fully saturated rings. The SMILES string of the molecule is Cc1ccc(-c2nc(CN3CCC(c4ncc(-c5ccc(C(F)(F)F)cc5)[nH]4)CC3)no2)cc1C(F)(F)F. The molecule has 3 heterocycles. The molecule has 5 rings (SSSR count). The summed E-state index contributed by atoms with van der Waals surface area (Å²) in [7, 11) is 0. The average molecular weight is 535 g/mol. The van der Waals surface area contributed by atoms with Crippen molar-refractivity contribution in [2.45, 2.75) is 44.6 Å². The summed E-state index contributed by atoms with van der Waals surface area (Å²) in [5, 5.41) is 3.94. The zero-order valence-electron chi connectivity index (χ0n) is 20.2. The number of aryl methyl sites for hydroxylation is 1. The fourth-order valence-corrected chi connectivity index (χ4v) is 4.59. The Kier molecular flexibility index (Phi) is 6.76. The number of imidazole rings is 1. The van der Waals surface area contributed by atoms with E-state index in [2.05, 4.69) is 25.0 Å². The minimum absolute atomic E-state index is 0.0340. The summed E-state index contributed by atoms with van der Waals surface area (Å²) >= 11 is 0. The zero-order valence-corrected chi connectivity index (χ0v) is 20.2. The fourth-order valence-electron chi connectivity index (χ4n) is 4.59. The Hall–Kier alpha value is -3.67. The summed E-state index contributed by atoms with van der Waals surface area (Å²) in [6.45, 7) is 3.22. The lowest BCUT2D eigenvalue weighted by atomic mass is 9.96. The quantitative estimate of drug-likeness (QED) is 0.283. The van der Waals surface area contributed by atoms with Crippen LogP contribution in [0.4, 0.5) is 26.3 Å². The molecule has 1 aliphatic heterocycles. The molecule has 2 aromatic heterocycles. The van der Waals surface area contributed by atoms with Crippen LogP contribution in [0.3, 0.4) is 0 Å². The van der Waals surface area contributed by atoms with Crippen molar-refractivity contribution in [3.05, 3.63) is 77.0 Å². The van der Waals surface area contributed by atoms with Crippen LogP contribution in [0.5, 0.6) is 0 Å². The summed E-state index contributed by atoms with van der Waals surface area (Å²) in [4.78, 5) is 14.1. The smallest absolute Gasteiger partial charge is 0.342 e. The van der Waals surface area contributed by atoms with Gasteiger partial charge in [0.1, 0.15) is 5.82 Å². The first kappa shape index (κ1) is 26.0. The van der Waals surface area contributed by atoms with E-state index < -0.39 is 23.5 Å². The van der Waals surface area contributed by atoms with Crippen molar-refractivity contribution in [1.82, 2.24) is 25.0 Å². The molecule has 0 radical (unpaired) electrons. The molecule has 38 heavy (non-hydrogen) atoms. The summed E-state index contributed by atoms with van der Waals surface area (Å²) in [5.41, 5.74) is 0.162. The third kappa shape index (κ3) is 5.59. The molecule has 4 aromatic rings. The summed E-state index contributed by atoms with van der Waals surface area (Å²) in [6, 6.07) is 8.85. The Bertz CT molecular complexity index is 1400. The van der Waals surface area contributed by atoms with E-state index >= 15 is 0 Å². The molecule has 1 N–H and O–H groups in total. The van der Waals surface area contributed by atoms with Crippen LogP contribution < -0.4 is 0 Å². The number of H-pyrrole nitrogens is 1. The van der Waals surface area contributed by atoms with Gasteiger partial charge < -0.3 is 9.51 Å². The Morgan fingerprint density at radius 3 is 2.29 bits per heavy atom. The van der Waals surface area contributed by atoms with Gasteiger partial charge in [0, 0.05) is 11.5 Å². The van der Waals surface area contributed by atoms with Gasteiger partial charge in [-0.3, -0.25) is 4.90 Å². The fraction of sp³-hybridized carbons (Fsp3) is 0.346. The van der Waals surface area contributed by atoms with E-state index in [0.29, 0.717) is 36.7 Å². The van der Waals surface area contributed by atoms with Crippen LogP contribution in [0.25, 0.3) is 22.7 Å². The third-order valence-corrected chi connectivity index (χ3v) is 6.72. The van der Waals surface area contributed by atoms with E-state index in [1.54, 1.807) is 6.20 Å². The number of rotatable bonds is 5. The number of aromatic amines is 1. The van der Waals surface area contributed by atoms with Crippen LogP contribution in [0.15, 0.2) is 53.2 Å². The van der Waals surface area contributed by atoms with E-state index in [4.69, 9.17) is 4.52 Å². The van der Waals surface area contributed by atoms with E-state index in [1.165, 1.54) is 31.2 Å². The molecule has 1 aliphatic rings. The van der Waals surface area contributed by atoms with Gasteiger partial charge in [0.05, 0.1) is 29.6 Å². The normalized spacial score (nSPS) is 15.8. The lowest BCUT2D eigenvalue weighted by Crippen LogP contribution is -2.33. The number of likely N-dealkylation sites (tertiary alicyclic amines) is 1. The molecule has 1 saturated heterocycles. The van der Waals surface area contributed by atoms with Crippen molar-refractivity contribution >= 4 is 0 Å². The van der Waals surface area contributed by atoms with Gasteiger partial charge in [-0.05, 0) is 68.2 Å². The molecule has 0 atom stereocenters. The van der Waals surface area contributed by atoms with Crippen LogP contribution in [-0.4, -0.2) is 38.1 Å². The molecule has 0 bridgehead atoms. The maximum Gasteiger partial charge on any atom is 0.416 e. The molecule has 0 unspecified atom stereocenters. The van der Waals surface area contributed by atoms with Crippen LogP contribution in [-0.2, 0) is 18.9 Å². The lowest BCUT2D eigenvalue weighted by molar-refractivity contribution is -0.138. The highest BCUT2D eigenvalue weighted by molar-refractivity contribution is 5.59. The number of aromatic nitrogens is 4. The Morgan fingerprint density at radius 2 is 1.63 bits per heavy atom. The standard InChI is InChI=1S/C26H23F6N5O/c1-15-2-3-18(12-20(15)26(30,31)32)24-35-22(36-38-24)14-37-10-8-17(9-11-37)23-33-13-21(34-23)16-4-6-19(7-5-16)25(27,28)29/h2-7,12-13,17H,8-11,14H2,1H3,(H,33,34). The predicted molar refractivity (Wildman–Crippen MR) is 126 cm³/mol. The highest BCUT2D eigenvalue weighted by Crippen LogP contribution is 2.35. The first-order valence-electron chi connectivity index (χ1n) is 11.9.